The average Bonchev–Trinajstić information content (AvgIpc) is 2.54. The Morgan fingerprint density at radius 3 is 2.71 bits per heavy atom. The standard InChI is InChI=1S/C19H29NO/c1-16(17-8-4-2-5-9-17)15-20-18-10-13-21-19(14-18)11-6-3-7-12-19/h2,4-5,8-9,16,18,20H,3,6-7,10-15H2,1H3. The Morgan fingerprint density at radius 1 is 1.19 bits per heavy atom. The summed E-state index contributed by atoms with van der Waals surface area (Å²) in [4.78, 5) is 0. The molecule has 3 rings (SSSR count). The van der Waals surface area contributed by atoms with Crippen LogP contribution < -0.4 is 5.32 Å². The minimum atomic E-state index is 0.212. The first-order valence-corrected chi connectivity index (χ1v) is 8.70. The Morgan fingerprint density at radius 2 is 1.95 bits per heavy atom. The summed E-state index contributed by atoms with van der Waals surface area (Å²) in [6.45, 7) is 4.33. The van der Waals surface area contributed by atoms with Crippen molar-refractivity contribution < 1.29 is 4.74 Å². The molecule has 2 atom stereocenters. The molecule has 2 heteroatoms. The van der Waals surface area contributed by atoms with Gasteiger partial charge in [-0.1, -0.05) is 56.5 Å². The predicted molar refractivity (Wildman–Crippen MR) is 87.6 cm³/mol. The molecular formula is C19H29NO. The lowest BCUT2D eigenvalue weighted by Crippen LogP contribution is -2.48. The van der Waals surface area contributed by atoms with Gasteiger partial charge < -0.3 is 10.1 Å². The number of hydrogen-bond acceptors (Lipinski definition) is 2. The van der Waals surface area contributed by atoms with Gasteiger partial charge in [0.15, 0.2) is 0 Å². The van der Waals surface area contributed by atoms with Crippen molar-refractivity contribution in [3.8, 4) is 0 Å². The molecule has 116 valence electrons. The molecule has 1 aromatic rings. The van der Waals surface area contributed by atoms with Crippen molar-refractivity contribution >= 4 is 0 Å². The van der Waals surface area contributed by atoms with E-state index in [1.807, 2.05) is 0 Å². The number of hydrogen-bond donors (Lipinski definition) is 1. The van der Waals surface area contributed by atoms with E-state index in [1.165, 1.54) is 50.5 Å². The molecule has 21 heavy (non-hydrogen) atoms. The van der Waals surface area contributed by atoms with Gasteiger partial charge in [-0.05, 0) is 37.2 Å². The molecule has 2 nitrogen and oxygen atoms in total. The van der Waals surface area contributed by atoms with Gasteiger partial charge in [0.05, 0.1) is 5.60 Å². The maximum Gasteiger partial charge on any atom is 0.0697 e. The minimum absolute atomic E-state index is 0.212. The summed E-state index contributed by atoms with van der Waals surface area (Å²) in [6, 6.07) is 11.5. The van der Waals surface area contributed by atoms with Crippen molar-refractivity contribution in [3.05, 3.63) is 35.9 Å². The predicted octanol–water partition coefficient (Wildman–Crippen LogP) is 4.26. The van der Waals surface area contributed by atoms with Gasteiger partial charge in [-0.2, -0.15) is 0 Å². The Balaban J connectivity index is 1.51. The first-order valence-electron chi connectivity index (χ1n) is 8.70. The first kappa shape index (κ1) is 15.1. The molecule has 0 aromatic heterocycles. The van der Waals surface area contributed by atoms with Crippen LogP contribution in [0.25, 0.3) is 0 Å². The van der Waals surface area contributed by atoms with Gasteiger partial charge in [0.1, 0.15) is 0 Å². The third-order valence-electron chi connectivity index (χ3n) is 5.34. The van der Waals surface area contributed by atoms with Crippen LogP contribution in [-0.4, -0.2) is 24.8 Å². The Kier molecular flexibility index (Phi) is 4.97. The molecule has 1 heterocycles. The summed E-state index contributed by atoms with van der Waals surface area (Å²) in [6.07, 6.45) is 9.05. The van der Waals surface area contributed by atoms with Crippen LogP contribution in [0, 0.1) is 0 Å². The van der Waals surface area contributed by atoms with Crippen molar-refractivity contribution in [1.29, 1.82) is 0 Å². The van der Waals surface area contributed by atoms with Crippen LogP contribution in [0.2, 0.25) is 0 Å². The summed E-state index contributed by atoms with van der Waals surface area (Å²) in [7, 11) is 0. The molecule has 2 unspecified atom stereocenters. The second-order valence-corrected chi connectivity index (χ2v) is 7.00. The molecule has 2 aliphatic rings. The molecule has 1 N–H and O–H groups in total. The summed E-state index contributed by atoms with van der Waals surface area (Å²) in [5, 5.41) is 3.81. The zero-order chi connectivity index (χ0) is 14.5. The van der Waals surface area contributed by atoms with Gasteiger partial charge in [0.25, 0.3) is 0 Å². The maximum atomic E-state index is 6.19. The Bertz CT molecular complexity index is 419. The van der Waals surface area contributed by atoms with E-state index in [1.54, 1.807) is 0 Å². The fourth-order valence-corrected chi connectivity index (χ4v) is 3.99. The molecule has 1 spiro atoms. The second-order valence-electron chi connectivity index (χ2n) is 7.00. The zero-order valence-corrected chi connectivity index (χ0v) is 13.3. The van der Waals surface area contributed by atoms with Crippen molar-refractivity contribution in [3.63, 3.8) is 0 Å². The van der Waals surface area contributed by atoms with Gasteiger partial charge in [0, 0.05) is 19.2 Å². The van der Waals surface area contributed by atoms with Crippen LogP contribution in [0.1, 0.15) is 63.4 Å². The number of benzene rings is 1. The second kappa shape index (κ2) is 6.93. The van der Waals surface area contributed by atoms with Crippen molar-refractivity contribution in [2.75, 3.05) is 13.2 Å². The van der Waals surface area contributed by atoms with E-state index in [-0.39, 0.29) is 5.60 Å². The van der Waals surface area contributed by atoms with Crippen molar-refractivity contribution in [1.82, 2.24) is 5.32 Å². The molecule has 0 bridgehead atoms. The van der Waals surface area contributed by atoms with Crippen LogP contribution in [0.4, 0.5) is 0 Å². The fourth-order valence-electron chi connectivity index (χ4n) is 3.99. The van der Waals surface area contributed by atoms with Crippen molar-refractivity contribution in [2.45, 2.75) is 69.4 Å². The third kappa shape index (κ3) is 3.87. The molecule has 0 amide bonds. The molecule has 1 saturated carbocycles. The number of nitrogens with one attached hydrogen (secondary N) is 1. The van der Waals surface area contributed by atoms with Gasteiger partial charge >= 0.3 is 0 Å². The highest BCUT2D eigenvalue weighted by Crippen LogP contribution is 2.38. The summed E-state index contributed by atoms with van der Waals surface area (Å²) < 4.78 is 6.19. The molecule has 1 aliphatic heterocycles. The quantitative estimate of drug-likeness (QED) is 0.893. The topological polar surface area (TPSA) is 21.3 Å². The highest BCUT2D eigenvalue weighted by Gasteiger charge is 2.38. The third-order valence-corrected chi connectivity index (χ3v) is 5.34. The van der Waals surface area contributed by atoms with Crippen LogP contribution in [-0.2, 0) is 4.74 Å². The number of rotatable bonds is 4. The van der Waals surface area contributed by atoms with E-state index in [0.717, 1.165) is 13.2 Å². The lowest BCUT2D eigenvalue weighted by molar-refractivity contribution is -0.109. The van der Waals surface area contributed by atoms with E-state index >= 15 is 0 Å². The Hall–Kier alpha value is -0.860. The minimum Gasteiger partial charge on any atom is -0.375 e. The molecule has 2 fully saturated rings. The van der Waals surface area contributed by atoms with Gasteiger partial charge in [-0.3, -0.25) is 0 Å². The smallest absolute Gasteiger partial charge is 0.0697 e. The summed E-state index contributed by atoms with van der Waals surface area (Å²) >= 11 is 0. The highest BCUT2D eigenvalue weighted by atomic mass is 16.5. The van der Waals surface area contributed by atoms with E-state index in [4.69, 9.17) is 4.74 Å². The normalized spacial score (nSPS) is 26.6. The van der Waals surface area contributed by atoms with Crippen LogP contribution in [0.15, 0.2) is 30.3 Å². The first-order chi connectivity index (χ1) is 10.3. The maximum absolute atomic E-state index is 6.19. The van der Waals surface area contributed by atoms with Gasteiger partial charge in [0.2, 0.25) is 0 Å². The van der Waals surface area contributed by atoms with E-state index in [0.29, 0.717) is 12.0 Å². The van der Waals surface area contributed by atoms with E-state index in [9.17, 15) is 0 Å². The lowest BCUT2D eigenvalue weighted by atomic mass is 9.78. The highest BCUT2D eigenvalue weighted by molar-refractivity contribution is 5.19. The lowest BCUT2D eigenvalue weighted by Gasteiger charge is -2.44. The van der Waals surface area contributed by atoms with Gasteiger partial charge in [-0.15, -0.1) is 0 Å². The van der Waals surface area contributed by atoms with Crippen LogP contribution in [0.3, 0.4) is 0 Å². The van der Waals surface area contributed by atoms with E-state index < -0.39 is 0 Å². The van der Waals surface area contributed by atoms with Crippen LogP contribution in [0.5, 0.6) is 0 Å². The molecule has 1 aromatic carbocycles. The Labute approximate surface area is 129 Å². The SMILES string of the molecule is CC(CNC1CCOC2(CCCCC2)C1)c1ccccc1. The average molecular weight is 287 g/mol. The fraction of sp³-hybridized carbons (Fsp3) is 0.684. The summed E-state index contributed by atoms with van der Waals surface area (Å²) in [5.41, 5.74) is 1.65. The molecule has 1 aliphatic carbocycles. The van der Waals surface area contributed by atoms with Crippen molar-refractivity contribution in [2.24, 2.45) is 0 Å². The summed E-state index contributed by atoms with van der Waals surface area (Å²) in [5.74, 6) is 0.580. The van der Waals surface area contributed by atoms with E-state index in [2.05, 4.69) is 42.6 Å². The largest absolute Gasteiger partial charge is 0.375 e. The molecule has 0 radical (unpaired) electrons. The number of ether oxygens (including phenoxy) is 1. The monoisotopic (exact) mass is 287 g/mol. The molecular weight excluding hydrogens is 258 g/mol. The van der Waals surface area contributed by atoms with Crippen LogP contribution >= 0.6 is 0 Å². The van der Waals surface area contributed by atoms with Gasteiger partial charge in [-0.25, -0.2) is 0 Å². The molecule has 1 saturated heterocycles. The zero-order valence-electron chi connectivity index (χ0n) is 13.3.